The van der Waals surface area contributed by atoms with Crippen molar-refractivity contribution in [3.8, 4) is 5.69 Å². The van der Waals surface area contributed by atoms with Gasteiger partial charge in [0.2, 0.25) is 11.7 Å². The topological polar surface area (TPSA) is 80.1 Å². The molecule has 1 saturated carbocycles. The molecule has 8 heteroatoms. The molecule has 0 radical (unpaired) electrons. The number of benzene rings is 1. The summed E-state index contributed by atoms with van der Waals surface area (Å²) in [6.45, 7) is -0.0920. The van der Waals surface area contributed by atoms with E-state index in [1.54, 1.807) is 24.8 Å². The Morgan fingerprint density at radius 1 is 1.33 bits per heavy atom. The number of nitrogens with zero attached hydrogens (tertiary/aromatic N) is 4. The fourth-order valence-electron chi connectivity index (χ4n) is 2.22. The van der Waals surface area contributed by atoms with Gasteiger partial charge in [-0.2, -0.15) is 0 Å². The quantitative estimate of drug-likeness (QED) is 0.891. The predicted molar refractivity (Wildman–Crippen MR) is 89.4 cm³/mol. The average Bonchev–Trinajstić information content (AvgIpc) is 3.31. The van der Waals surface area contributed by atoms with E-state index < -0.39 is 5.91 Å². The Kier molecular flexibility index (Phi) is 4.53. The van der Waals surface area contributed by atoms with Gasteiger partial charge in [0.05, 0.1) is 17.3 Å². The molecule has 0 spiro atoms. The average molecular weight is 348 g/mol. The van der Waals surface area contributed by atoms with Crippen LogP contribution in [-0.2, 0) is 4.79 Å². The van der Waals surface area contributed by atoms with Crippen LogP contribution in [0.3, 0.4) is 0 Å². The molecule has 1 fully saturated rings. The van der Waals surface area contributed by atoms with Crippen molar-refractivity contribution in [3.05, 3.63) is 40.9 Å². The van der Waals surface area contributed by atoms with Crippen LogP contribution in [0.25, 0.3) is 5.69 Å². The Labute approximate surface area is 144 Å². The van der Waals surface area contributed by atoms with Gasteiger partial charge in [0, 0.05) is 20.0 Å². The molecule has 0 bridgehead atoms. The molecule has 126 valence electrons. The predicted octanol–water partition coefficient (Wildman–Crippen LogP) is 1.62. The monoisotopic (exact) mass is 347 g/mol. The zero-order chi connectivity index (χ0) is 17.3. The van der Waals surface area contributed by atoms with E-state index in [1.807, 2.05) is 18.2 Å². The lowest BCUT2D eigenvalue weighted by molar-refractivity contribution is -0.127. The second kappa shape index (κ2) is 6.60. The maximum absolute atomic E-state index is 12.2. The number of halogens is 1. The summed E-state index contributed by atoms with van der Waals surface area (Å²) >= 11 is 6.24. The minimum absolute atomic E-state index is 0.0448. The maximum Gasteiger partial charge on any atom is 0.291 e. The van der Waals surface area contributed by atoms with Crippen molar-refractivity contribution in [2.24, 2.45) is 0 Å². The van der Waals surface area contributed by atoms with E-state index in [9.17, 15) is 9.59 Å². The third-order valence-electron chi connectivity index (χ3n) is 3.76. The van der Waals surface area contributed by atoms with Crippen LogP contribution in [0.15, 0.2) is 24.3 Å². The van der Waals surface area contributed by atoms with Crippen LogP contribution < -0.4 is 5.32 Å². The van der Waals surface area contributed by atoms with Crippen LogP contribution in [-0.4, -0.2) is 52.1 Å². The highest BCUT2D eigenvalue weighted by Crippen LogP contribution is 2.40. The minimum atomic E-state index is -0.474. The summed E-state index contributed by atoms with van der Waals surface area (Å²) in [5.74, 6) is 0.392. The van der Waals surface area contributed by atoms with Crippen molar-refractivity contribution in [3.63, 3.8) is 0 Å². The first-order valence-corrected chi connectivity index (χ1v) is 8.05. The van der Waals surface area contributed by atoms with Gasteiger partial charge < -0.3 is 10.2 Å². The van der Waals surface area contributed by atoms with Crippen molar-refractivity contribution in [1.82, 2.24) is 25.0 Å². The Morgan fingerprint density at radius 3 is 2.67 bits per heavy atom. The van der Waals surface area contributed by atoms with Crippen LogP contribution >= 0.6 is 11.6 Å². The number of rotatable bonds is 5. The largest absolute Gasteiger partial charge is 0.347 e. The summed E-state index contributed by atoms with van der Waals surface area (Å²) < 4.78 is 1.63. The number of hydrogen-bond acceptors (Lipinski definition) is 4. The molecule has 0 saturated heterocycles. The molecule has 7 nitrogen and oxygen atoms in total. The molecular formula is C16H18ClN5O2. The standard InChI is InChI=1S/C16H18ClN5O2/c1-21(2)13(23)9-18-16(24)14-19-15(10-7-8-10)22(20-14)12-6-4-3-5-11(12)17/h3-6,10H,7-9H2,1-2H3,(H,18,24). The van der Waals surface area contributed by atoms with Gasteiger partial charge in [0.15, 0.2) is 0 Å². The Balaban J connectivity index is 1.85. The Bertz CT molecular complexity index is 783. The van der Waals surface area contributed by atoms with Crippen LogP contribution in [0, 0.1) is 0 Å². The molecular weight excluding hydrogens is 330 g/mol. The lowest BCUT2D eigenvalue weighted by Gasteiger charge is -2.09. The van der Waals surface area contributed by atoms with E-state index in [-0.39, 0.29) is 18.3 Å². The van der Waals surface area contributed by atoms with Gasteiger partial charge in [-0.1, -0.05) is 23.7 Å². The second-order valence-corrected chi connectivity index (χ2v) is 6.31. The minimum Gasteiger partial charge on any atom is -0.347 e. The van der Waals surface area contributed by atoms with Crippen LogP contribution in [0.4, 0.5) is 0 Å². The van der Waals surface area contributed by atoms with E-state index in [2.05, 4.69) is 15.4 Å². The summed E-state index contributed by atoms with van der Waals surface area (Å²) in [5, 5.41) is 7.39. The van der Waals surface area contributed by atoms with Gasteiger partial charge in [-0.05, 0) is 25.0 Å². The SMILES string of the molecule is CN(C)C(=O)CNC(=O)c1nc(C2CC2)n(-c2ccccc2Cl)n1. The molecule has 0 unspecified atom stereocenters. The fraction of sp³-hybridized carbons (Fsp3) is 0.375. The molecule has 1 aromatic carbocycles. The van der Waals surface area contributed by atoms with Crippen molar-refractivity contribution < 1.29 is 9.59 Å². The summed E-state index contributed by atoms with van der Waals surface area (Å²) in [5.41, 5.74) is 0.692. The normalized spacial score (nSPS) is 13.6. The molecule has 0 aliphatic heterocycles. The van der Waals surface area contributed by atoms with E-state index in [0.717, 1.165) is 18.7 Å². The molecule has 2 amide bonds. The van der Waals surface area contributed by atoms with Gasteiger partial charge in [-0.15, -0.1) is 5.10 Å². The van der Waals surface area contributed by atoms with E-state index in [0.29, 0.717) is 16.6 Å². The highest BCUT2D eigenvalue weighted by atomic mass is 35.5. The smallest absolute Gasteiger partial charge is 0.291 e. The number of nitrogens with one attached hydrogen (secondary N) is 1. The van der Waals surface area contributed by atoms with Crippen LogP contribution in [0.2, 0.25) is 5.02 Å². The first-order valence-electron chi connectivity index (χ1n) is 7.67. The zero-order valence-corrected chi connectivity index (χ0v) is 14.2. The van der Waals surface area contributed by atoms with Crippen molar-refractivity contribution in [1.29, 1.82) is 0 Å². The first-order chi connectivity index (χ1) is 11.5. The Hall–Kier alpha value is -2.41. The summed E-state index contributed by atoms with van der Waals surface area (Å²) in [7, 11) is 3.26. The van der Waals surface area contributed by atoms with Crippen LogP contribution in [0.5, 0.6) is 0 Å². The molecule has 1 aromatic heterocycles. The van der Waals surface area contributed by atoms with Gasteiger partial charge in [-0.25, -0.2) is 9.67 Å². The number of para-hydroxylation sites is 1. The van der Waals surface area contributed by atoms with Gasteiger partial charge >= 0.3 is 0 Å². The molecule has 1 aliphatic carbocycles. The van der Waals surface area contributed by atoms with Crippen molar-refractivity contribution in [2.45, 2.75) is 18.8 Å². The number of aromatic nitrogens is 3. The molecule has 1 N–H and O–H groups in total. The maximum atomic E-state index is 12.2. The van der Waals surface area contributed by atoms with Crippen LogP contribution in [0.1, 0.15) is 35.2 Å². The lowest BCUT2D eigenvalue weighted by Crippen LogP contribution is -2.36. The highest BCUT2D eigenvalue weighted by Gasteiger charge is 2.32. The summed E-state index contributed by atoms with van der Waals surface area (Å²) in [6, 6.07) is 7.29. The lowest BCUT2D eigenvalue weighted by atomic mass is 10.3. The number of amides is 2. The number of carbonyl (C=O) groups is 2. The Morgan fingerprint density at radius 2 is 2.04 bits per heavy atom. The number of hydrogen-bond donors (Lipinski definition) is 1. The fourth-order valence-corrected chi connectivity index (χ4v) is 2.44. The van der Waals surface area contributed by atoms with Gasteiger partial charge in [0.25, 0.3) is 5.91 Å². The van der Waals surface area contributed by atoms with E-state index in [1.165, 1.54) is 4.90 Å². The highest BCUT2D eigenvalue weighted by molar-refractivity contribution is 6.32. The summed E-state index contributed by atoms with van der Waals surface area (Å²) in [6.07, 6.45) is 2.03. The van der Waals surface area contributed by atoms with Crippen molar-refractivity contribution in [2.75, 3.05) is 20.6 Å². The molecule has 0 atom stereocenters. The molecule has 2 aromatic rings. The number of carbonyl (C=O) groups excluding carboxylic acids is 2. The van der Waals surface area contributed by atoms with Crippen molar-refractivity contribution >= 4 is 23.4 Å². The first kappa shape index (κ1) is 16.4. The number of likely N-dealkylation sites (N-methyl/N-ethyl adjacent to an activating group) is 1. The third-order valence-corrected chi connectivity index (χ3v) is 4.08. The molecule has 1 aliphatic rings. The summed E-state index contributed by atoms with van der Waals surface area (Å²) in [4.78, 5) is 29.6. The molecule has 1 heterocycles. The van der Waals surface area contributed by atoms with Gasteiger partial charge in [-0.3, -0.25) is 9.59 Å². The third kappa shape index (κ3) is 3.41. The van der Waals surface area contributed by atoms with E-state index in [4.69, 9.17) is 11.6 Å². The second-order valence-electron chi connectivity index (χ2n) is 5.90. The molecule has 3 rings (SSSR count). The van der Waals surface area contributed by atoms with Gasteiger partial charge in [0.1, 0.15) is 5.82 Å². The van der Waals surface area contributed by atoms with E-state index >= 15 is 0 Å². The molecule has 24 heavy (non-hydrogen) atoms. The zero-order valence-electron chi connectivity index (χ0n) is 13.5.